The predicted octanol–water partition coefficient (Wildman–Crippen LogP) is 4.57. The van der Waals surface area contributed by atoms with Crippen LogP contribution >= 0.6 is 0 Å². The fourth-order valence-corrected chi connectivity index (χ4v) is 4.18. The van der Waals surface area contributed by atoms with Gasteiger partial charge in [-0.1, -0.05) is 6.92 Å². The number of anilines is 1. The van der Waals surface area contributed by atoms with E-state index < -0.39 is 17.3 Å². The van der Waals surface area contributed by atoms with E-state index in [9.17, 15) is 18.0 Å². The van der Waals surface area contributed by atoms with E-state index >= 15 is 0 Å². The molecule has 2 aliphatic rings. The molecule has 0 bridgehead atoms. The maximum Gasteiger partial charge on any atom is 0.416 e. The Hall–Kier alpha value is -1.99. The van der Waals surface area contributed by atoms with Gasteiger partial charge in [-0.3, -0.25) is 0 Å². The Morgan fingerprint density at radius 1 is 1.25 bits per heavy atom. The normalized spacial score (nSPS) is 22.6. The zero-order valence-electron chi connectivity index (χ0n) is 16.8. The molecular formula is C20H28F3N3O2. The van der Waals surface area contributed by atoms with Crippen LogP contribution in [-0.2, 0) is 10.9 Å². The lowest BCUT2D eigenvalue weighted by Crippen LogP contribution is -2.47. The summed E-state index contributed by atoms with van der Waals surface area (Å²) in [6.07, 6.45) is -1.84. The maximum absolute atomic E-state index is 13.0. The Balaban J connectivity index is 1.67. The molecule has 1 unspecified atom stereocenters. The summed E-state index contributed by atoms with van der Waals surface area (Å²) in [7, 11) is 0. The molecule has 3 rings (SSSR count). The number of halogens is 3. The molecule has 1 amide bonds. The van der Waals surface area contributed by atoms with E-state index in [1.54, 1.807) is 4.90 Å². The molecule has 2 aliphatic heterocycles. The zero-order valence-corrected chi connectivity index (χ0v) is 16.8. The number of carbonyl (C=O) groups excluding carboxylic acids is 1. The third kappa shape index (κ3) is 4.36. The Morgan fingerprint density at radius 3 is 2.46 bits per heavy atom. The Bertz CT molecular complexity index is 722. The minimum Gasteiger partial charge on any atom is -0.444 e. The van der Waals surface area contributed by atoms with Crippen LogP contribution < -0.4 is 4.90 Å². The molecule has 0 aliphatic carbocycles. The van der Waals surface area contributed by atoms with Gasteiger partial charge in [0.25, 0.3) is 0 Å². The molecule has 8 heteroatoms. The van der Waals surface area contributed by atoms with Crippen molar-refractivity contribution in [3.8, 4) is 0 Å². The summed E-state index contributed by atoms with van der Waals surface area (Å²) in [5.74, 6) is 0.678. The lowest BCUT2D eigenvalue weighted by atomic mass is 9.72. The summed E-state index contributed by atoms with van der Waals surface area (Å²) < 4.78 is 44.5. The van der Waals surface area contributed by atoms with Crippen LogP contribution in [0.25, 0.3) is 0 Å². The van der Waals surface area contributed by atoms with Crippen molar-refractivity contribution in [3.63, 3.8) is 0 Å². The summed E-state index contributed by atoms with van der Waals surface area (Å²) in [5.41, 5.74) is -1.22. The highest BCUT2D eigenvalue weighted by molar-refractivity contribution is 5.68. The van der Waals surface area contributed by atoms with E-state index in [1.165, 1.54) is 6.20 Å². The molecular weight excluding hydrogens is 371 g/mol. The molecule has 0 N–H and O–H groups in total. The van der Waals surface area contributed by atoms with Crippen molar-refractivity contribution in [1.82, 2.24) is 9.88 Å². The van der Waals surface area contributed by atoms with E-state index in [0.29, 0.717) is 37.9 Å². The van der Waals surface area contributed by atoms with E-state index in [4.69, 9.17) is 4.74 Å². The van der Waals surface area contributed by atoms with Gasteiger partial charge in [0.05, 0.1) is 5.56 Å². The van der Waals surface area contributed by atoms with Gasteiger partial charge in [0.1, 0.15) is 11.4 Å². The van der Waals surface area contributed by atoms with E-state index in [2.05, 4.69) is 11.9 Å². The number of pyridine rings is 1. The Labute approximate surface area is 163 Å². The molecule has 2 fully saturated rings. The number of amides is 1. The molecule has 0 saturated carbocycles. The van der Waals surface area contributed by atoms with Crippen molar-refractivity contribution < 1.29 is 22.7 Å². The molecule has 156 valence electrons. The summed E-state index contributed by atoms with van der Waals surface area (Å²) in [6.45, 7) is 10.2. The second kappa shape index (κ2) is 7.12. The number of aromatic nitrogens is 1. The van der Waals surface area contributed by atoms with Gasteiger partial charge < -0.3 is 14.5 Å². The van der Waals surface area contributed by atoms with Crippen LogP contribution in [0.4, 0.5) is 23.8 Å². The van der Waals surface area contributed by atoms with Gasteiger partial charge >= 0.3 is 12.3 Å². The molecule has 2 saturated heterocycles. The number of hydrogen-bond acceptors (Lipinski definition) is 4. The van der Waals surface area contributed by atoms with Crippen LogP contribution in [0.5, 0.6) is 0 Å². The van der Waals surface area contributed by atoms with Crippen molar-refractivity contribution in [2.45, 2.75) is 52.3 Å². The molecule has 5 nitrogen and oxygen atoms in total. The van der Waals surface area contributed by atoms with Crippen molar-refractivity contribution >= 4 is 11.9 Å². The predicted molar refractivity (Wildman–Crippen MR) is 100 cm³/mol. The lowest BCUT2D eigenvalue weighted by Gasteiger charge is -2.41. The number of rotatable bonds is 1. The number of hydrogen-bond donors (Lipinski definition) is 0. The van der Waals surface area contributed by atoms with Crippen LogP contribution in [0.2, 0.25) is 0 Å². The number of ether oxygens (including phenoxy) is 1. The molecule has 1 spiro atoms. The second-order valence-corrected chi connectivity index (χ2v) is 9.01. The van der Waals surface area contributed by atoms with Gasteiger partial charge in [0, 0.05) is 32.4 Å². The van der Waals surface area contributed by atoms with Crippen LogP contribution in [0.3, 0.4) is 0 Å². The van der Waals surface area contributed by atoms with Crippen LogP contribution in [0, 0.1) is 11.3 Å². The fraction of sp³-hybridized carbons (Fsp3) is 0.700. The molecule has 0 radical (unpaired) electrons. The average molecular weight is 399 g/mol. The highest BCUT2D eigenvalue weighted by atomic mass is 19.4. The second-order valence-electron chi connectivity index (χ2n) is 9.01. The van der Waals surface area contributed by atoms with Gasteiger partial charge in [-0.2, -0.15) is 13.2 Å². The third-order valence-corrected chi connectivity index (χ3v) is 5.85. The first kappa shape index (κ1) is 20.7. The third-order valence-electron chi connectivity index (χ3n) is 5.85. The topological polar surface area (TPSA) is 45.7 Å². The van der Waals surface area contributed by atoms with Crippen molar-refractivity contribution in [2.75, 3.05) is 31.1 Å². The smallest absolute Gasteiger partial charge is 0.416 e. The molecule has 28 heavy (non-hydrogen) atoms. The van der Waals surface area contributed by atoms with Gasteiger partial charge in [-0.05, 0) is 57.1 Å². The minimum atomic E-state index is -4.38. The number of alkyl halides is 3. The lowest BCUT2D eigenvalue weighted by molar-refractivity contribution is -0.137. The van der Waals surface area contributed by atoms with Gasteiger partial charge in [-0.15, -0.1) is 0 Å². The highest BCUT2D eigenvalue weighted by Crippen LogP contribution is 2.46. The monoisotopic (exact) mass is 399 g/mol. The first-order valence-corrected chi connectivity index (χ1v) is 9.66. The Morgan fingerprint density at radius 2 is 1.89 bits per heavy atom. The van der Waals surface area contributed by atoms with Crippen molar-refractivity contribution in [3.05, 3.63) is 23.9 Å². The first-order valence-electron chi connectivity index (χ1n) is 9.66. The summed E-state index contributed by atoms with van der Waals surface area (Å²) in [6, 6.07) is 2.12. The number of piperidine rings is 1. The number of nitrogens with zero attached hydrogens (tertiary/aromatic N) is 3. The largest absolute Gasteiger partial charge is 0.444 e. The van der Waals surface area contributed by atoms with Crippen LogP contribution in [-0.4, -0.2) is 47.8 Å². The van der Waals surface area contributed by atoms with E-state index in [-0.39, 0.29) is 11.5 Å². The Kier molecular flexibility index (Phi) is 5.27. The fourth-order valence-electron chi connectivity index (χ4n) is 4.18. The van der Waals surface area contributed by atoms with Crippen LogP contribution in [0.1, 0.15) is 46.1 Å². The zero-order chi connectivity index (χ0) is 20.7. The molecule has 1 aromatic heterocycles. The number of likely N-dealkylation sites (tertiary alicyclic amines) is 1. The summed E-state index contributed by atoms with van der Waals surface area (Å²) >= 11 is 0. The molecule has 3 heterocycles. The first-order chi connectivity index (χ1) is 12.9. The number of carbonyl (C=O) groups is 1. The SMILES string of the molecule is CC1CN(c2cc(C(F)(F)F)ccn2)CC12CCN(C(=O)OC(C)(C)C)CC2. The van der Waals surface area contributed by atoms with Crippen molar-refractivity contribution in [1.29, 1.82) is 0 Å². The molecule has 1 atom stereocenters. The van der Waals surface area contributed by atoms with Crippen molar-refractivity contribution in [2.24, 2.45) is 11.3 Å². The van der Waals surface area contributed by atoms with E-state index in [1.807, 2.05) is 25.7 Å². The average Bonchev–Trinajstić information content (AvgIpc) is 2.90. The standard InChI is InChI=1S/C20H28F3N3O2/c1-14-12-26(16-11-15(5-8-24-16)20(21,22)23)13-19(14)6-9-25(10-7-19)17(27)28-18(2,3)4/h5,8,11,14H,6-7,9-10,12-13H2,1-4H3. The maximum atomic E-state index is 13.0. The summed E-state index contributed by atoms with van der Waals surface area (Å²) in [5, 5.41) is 0. The van der Waals surface area contributed by atoms with Gasteiger partial charge in [0.15, 0.2) is 0 Å². The minimum absolute atomic E-state index is 0.0194. The quantitative estimate of drug-likeness (QED) is 0.694. The summed E-state index contributed by atoms with van der Waals surface area (Å²) in [4.78, 5) is 20.1. The molecule has 0 aromatic carbocycles. The van der Waals surface area contributed by atoms with Gasteiger partial charge in [-0.25, -0.2) is 9.78 Å². The van der Waals surface area contributed by atoms with Gasteiger partial charge in [0.2, 0.25) is 0 Å². The van der Waals surface area contributed by atoms with E-state index in [0.717, 1.165) is 25.0 Å². The molecule has 1 aromatic rings. The highest BCUT2D eigenvalue weighted by Gasteiger charge is 2.47. The van der Waals surface area contributed by atoms with Crippen LogP contribution in [0.15, 0.2) is 18.3 Å².